The normalized spacial score (nSPS) is 14.2. The number of carboxylic acid groups (broad SMARTS) is 1. The molecule has 0 radical (unpaired) electrons. The van der Waals surface area contributed by atoms with Crippen LogP contribution >= 0.6 is 0 Å². The van der Waals surface area contributed by atoms with Crippen molar-refractivity contribution in [2.75, 3.05) is 31.4 Å². The molecule has 0 aromatic heterocycles. The summed E-state index contributed by atoms with van der Waals surface area (Å²) in [5, 5.41) is 82.4. The smallest absolute Gasteiger partial charge is 0.335 e. The molecule has 1 unspecified atom stereocenters. The molecule has 2 amide bonds. The van der Waals surface area contributed by atoms with Gasteiger partial charge in [-0.05, 0) is 71.4 Å². The molecule has 6 aromatic carbocycles. The van der Waals surface area contributed by atoms with E-state index in [4.69, 9.17) is 15.2 Å². The van der Waals surface area contributed by atoms with Crippen LogP contribution in [-0.2, 0) is 9.59 Å². The number of ether oxygens (including phenoxy) is 2. The van der Waals surface area contributed by atoms with Crippen molar-refractivity contribution in [1.29, 1.82) is 0 Å². The molecule has 60 heavy (non-hydrogen) atoms. The second-order valence-electron chi connectivity index (χ2n) is 12.8. The summed E-state index contributed by atoms with van der Waals surface area (Å²) < 4.78 is 11.5. The number of fused-ring (bicyclic) bond motifs is 2. The van der Waals surface area contributed by atoms with Gasteiger partial charge < -0.3 is 40.7 Å². The molecular weight excluding hydrogens is 779 g/mol. The Labute approximate surface area is 338 Å². The number of hydrogen-bond donors (Lipinski definition) is 6. The first-order valence-electron chi connectivity index (χ1n) is 18.0. The quantitative estimate of drug-likeness (QED) is 0.0576. The molecule has 1 atom stereocenters. The zero-order valence-electron chi connectivity index (χ0n) is 31.2. The lowest BCUT2D eigenvalue weighted by Crippen LogP contribution is -2.35. The number of nitrogens with zero attached hydrogens (tertiary/aromatic N) is 8. The number of carbonyl (C=O) groups excluding carboxylic acids is 2. The molecule has 0 spiro atoms. The minimum atomic E-state index is -1.47. The number of nitrogens with two attached hydrogens (primary N) is 1. The highest BCUT2D eigenvalue weighted by atomic mass is 16.5. The Balaban J connectivity index is 1.15. The van der Waals surface area contributed by atoms with E-state index in [0.29, 0.717) is 21.8 Å². The van der Waals surface area contributed by atoms with Crippen molar-refractivity contribution in [1.82, 2.24) is 0 Å². The Bertz CT molecular complexity index is 2770. The minimum absolute atomic E-state index is 0.0120. The molecule has 302 valence electrons. The molecular formula is C41H33N9O10. The molecule has 6 aromatic rings. The van der Waals surface area contributed by atoms with Crippen molar-refractivity contribution >= 4 is 79.2 Å². The van der Waals surface area contributed by atoms with Crippen LogP contribution in [0.15, 0.2) is 139 Å². The van der Waals surface area contributed by atoms with E-state index in [2.05, 4.69) is 35.8 Å². The number of azo groups is 3. The molecule has 7 N–H and O–H groups in total. The van der Waals surface area contributed by atoms with Gasteiger partial charge in [0.15, 0.2) is 11.5 Å². The van der Waals surface area contributed by atoms with Gasteiger partial charge in [0.1, 0.15) is 47.5 Å². The van der Waals surface area contributed by atoms with E-state index in [1.54, 1.807) is 42.5 Å². The van der Waals surface area contributed by atoms with Crippen molar-refractivity contribution in [3.63, 3.8) is 0 Å². The summed E-state index contributed by atoms with van der Waals surface area (Å²) in [6.45, 7) is -0.843. The number of aliphatic hydroxyl groups is 2. The van der Waals surface area contributed by atoms with Crippen LogP contribution in [0.3, 0.4) is 0 Å². The molecule has 1 aliphatic heterocycles. The van der Waals surface area contributed by atoms with E-state index in [1.807, 2.05) is 12.1 Å². The first kappa shape index (κ1) is 40.1. The molecule has 19 heteroatoms. The maximum absolute atomic E-state index is 13.2. The van der Waals surface area contributed by atoms with Crippen LogP contribution < -0.4 is 20.2 Å². The van der Waals surface area contributed by atoms with Gasteiger partial charge in [0.05, 0.1) is 41.2 Å². The fraction of sp³-hybridized carbons (Fsp3) is 0.122. The molecule has 1 aliphatic rings. The van der Waals surface area contributed by atoms with E-state index in [0.717, 1.165) is 10.4 Å². The van der Waals surface area contributed by atoms with Crippen molar-refractivity contribution in [2.24, 2.45) is 41.5 Å². The standard InChI is InChI=1S/C41H33N9O10/c42-39(55)36-37(40(56)50(49-36)26-11-7-23(8-12-26)41(57)58)48-43-25-10-13-27-24(19-25)9-14-29(38(27)54)45-47-31-21-33(59-17-15-51)30(20-34(31)60-18-16-52)46-44-28-5-1-3-22-4-2-6-32(53)35(22)28/h1-14,19-21,37,51-54H,15-18H2,(H2,42,55)(H,57,58). The number of carbonyl (C=O) groups is 3. The lowest BCUT2D eigenvalue weighted by atomic mass is 10.1. The zero-order chi connectivity index (χ0) is 42.3. The van der Waals surface area contributed by atoms with Crippen LogP contribution in [0.5, 0.6) is 23.0 Å². The van der Waals surface area contributed by atoms with Gasteiger partial charge >= 0.3 is 5.97 Å². The van der Waals surface area contributed by atoms with E-state index < -0.39 is 23.8 Å². The Morgan fingerprint density at radius 2 is 1.35 bits per heavy atom. The van der Waals surface area contributed by atoms with Crippen LogP contribution in [0.4, 0.5) is 34.1 Å². The summed E-state index contributed by atoms with van der Waals surface area (Å²) in [4.78, 5) is 36.6. The van der Waals surface area contributed by atoms with Gasteiger partial charge in [0, 0.05) is 17.5 Å². The lowest BCUT2D eigenvalue weighted by molar-refractivity contribution is -0.118. The van der Waals surface area contributed by atoms with Gasteiger partial charge in [0.25, 0.3) is 11.8 Å². The second kappa shape index (κ2) is 17.5. The van der Waals surface area contributed by atoms with Gasteiger partial charge in [-0.2, -0.15) is 20.3 Å². The predicted molar refractivity (Wildman–Crippen MR) is 217 cm³/mol. The lowest BCUT2D eigenvalue weighted by Gasteiger charge is -2.13. The van der Waals surface area contributed by atoms with Gasteiger partial charge in [-0.1, -0.05) is 30.3 Å². The van der Waals surface area contributed by atoms with Crippen LogP contribution in [0.1, 0.15) is 10.4 Å². The molecule has 0 aliphatic carbocycles. The Kier molecular flexibility index (Phi) is 11.7. The molecule has 1 heterocycles. The molecule has 0 bridgehead atoms. The highest BCUT2D eigenvalue weighted by Gasteiger charge is 2.40. The number of rotatable bonds is 15. The van der Waals surface area contributed by atoms with Crippen LogP contribution in [0.2, 0.25) is 0 Å². The van der Waals surface area contributed by atoms with E-state index in [1.165, 1.54) is 48.5 Å². The third kappa shape index (κ3) is 8.42. The maximum Gasteiger partial charge on any atom is 0.335 e. The largest absolute Gasteiger partial charge is 0.507 e. The number of phenolic OH excluding ortho intramolecular Hbond substituents is 2. The van der Waals surface area contributed by atoms with Crippen LogP contribution in [0, 0.1) is 0 Å². The fourth-order valence-corrected chi connectivity index (χ4v) is 6.06. The monoisotopic (exact) mass is 811 g/mol. The number of carboxylic acids is 1. The third-order valence-electron chi connectivity index (χ3n) is 8.89. The predicted octanol–water partition coefficient (Wildman–Crippen LogP) is 7.02. The maximum atomic E-state index is 13.2. The number of aromatic hydroxyl groups is 2. The summed E-state index contributed by atoms with van der Waals surface area (Å²) in [6.07, 6.45) is 0. The van der Waals surface area contributed by atoms with Crippen molar-refractivity contribution in [2.45, 2.75) is 6.04 Å². The topological polar surface area (TPSA) is 287 Å². The average Bonchev–Trinajstić information content (AvgIpc) is 3.59. The third-order valence-corrected chi connectivity index (χ3v) is 8.89. The summed E-state index contributed by atoms with van der Waals surface area (Å²) in [5.74, 6) is -2.81. The number of aliphatic hydroxyl groups excluding tert-OH is 2. The zero-order valence-corrected chi connectivity index (χ0v) is 31.2. The SMILES string of the molecule is NC(=O)C1=NN(c2ccc(C(=O)O)cc2)C(=O)C1N=Nc1ccc2c(O)c(N=Nc3cc(OCCO)c(N=Nc4cccc5cccc(O)c45)cc3OCCO)ccc2c1. The fourth-order valence-electron chi connectivity index (χ4n) is 6.06. The number of hydrazone groups is 1. The average molecular weight is 812 g/mol. The first-order chi connectivity index (χ1) is 29.1. The number of phenols is 2. The van der Waals surface area contributed by atoms with Gasteiger partial charge in [-0.25, -0.2) is 4.79 Å². The van der Waals surface area contributed by atoms with Crippen molar-refractivity contribution in [3.8, 4) is 23.0 Å². The van der Waals surface area contributed by atoms with Crippen molar-refractivity contribution in [3.05, 3.63) is 109 Å². The van der Waals surface area contributed by atoms with E-state index in [-0.39, 0.29) is 89.1 Å². The first-order valence-corrected chi connectivity index (χ1v) is 18.0. The van der Waals surface area contributed by atoms with Crippen molar-refractivity contribution < 1.29 is 49.4 Å². The number of anilines is 1. The van der Waals surface area contributed by atoms with Crippen LogP contribution in [0.25, 0.3) is 21.5 Å². The Morgan fingerprint density at radius 3 is 1.98 bits per heavy atom. The van der Waals surface area contributed by atoms with Gasteiger partial charge in [-0.3, -0.25) is 9.59 Å². The highest BCUT2D eigenvalue weighted by molar-refractivity contribution is 6.47. The summed E-state index contributed by atoms with van der Waals surface area (Å²) in [7, 11) is 0. The van der Waals surface area contributed by atoms with Gasteiger partial charge in [-0.15, -0.1) is 20.5 Å². The minimum Gasteiger partial charge on any atom is -0.507 e. The summed E-state index contributed by atoms with van der Waals surface area (Å²) in [6, 6.07) is 24.8. The highest BCUT2D eigenvalue weighted by Crippen LogP contribution is 2.44. The number of aromatic carboxylic acids is 1. The van der Waals surface area contributed by atoms with Gasteiger partial charge in [0.2, 0.25) is 6.04 Å². The summed E-state index contributed by atoms with van der Waals surface area (Å²) >= 11 is 0. The van der Waals surface area contributed by atoms with E-state index in [9.17, 15) is 39.9 Å². The Morgan fingerprint density at radius 1 is 0.717 bits per heavy atom. The molecule has 0 saturated heterocycles. The van der Waals surface area contributed by atoms with Crippen LogP contribution in [-0.4, -0.2) is 81.5 Å². The summed E-state index contributed by atoms with van der Waals surface area (Å²) in [5.41, 5.74) is 6.32. The van der Waals surface area contributed by atoms with E-state index >= 15 is 0 Å². The number of hydrogen-bond acceptors (Lipinski definition) is 16. The molecule has 19 nitrogen and oxygen atoms in total. The number of amides is 2. The second-order valence-corrected chi connectivity index (χ2v) is 12.8. The number of primary amides is 1. The number of benzene rings is 6. The molecule has 7 rings (SSSR count). The molecule has 0 saturated carbocycles. The Hall–Kier alpha value is -8.16. The molecule has 0 fully saturated rings.